The van der Waals surface area contributed by atoms with Crippen LogP contribution in [0.5, 0.6) is 0 Å². The van der Waals surface area contributed by atoms with Crippen molar-refractivity contribution in [2.24, 2.45) is 4.99 Å². The molecule has 0 radical (unpaired) electrons. The van der Waals surface area contributed by atoms with Gasteiger partial charge in [-0.2, -0.15) is 0 Å². The third-order valence-corrected chi connectivity index (χ3v) is 4.29. The highest BCUT2D eigenvalue weighted by atomic mass is 16.3. The van der Waals surface area contributed by atoms with Crippen molar-refractivity contribution in [2.75, 3.05) is 0 Å². The molecular weight excluding hydrogens is 322 g/mol. The van der Waals surface area contributed by atoms with Gasteiger partial charge in [0, 0.05) is 5.39 Å². The lowest BCUT2D eigenvalue weighted by Gasteiger charge is -2.02. The van der Waals surface area contributed by atoms with Crippen molar-refractivity contribution in [1.29, 1.82) is 0 Å². The van der Waals surface area contributed by atoms with Crippen molar-refractivity contribution in [3.8, 4) is 11.4 Å². The maximum Gasteiger partial charge on any atom is 0.230 e. The molecule has 0 unspecified atom stereocenters. The van der Waals surface area contributed by atoms with Gasteiger partial charge in [0.1, 0.15) is 11.4 Å². The Morgan fingerprint density at radius 2 is 1.58 bits per heavy atom. The Hall–Kier alpha value is -3.66. The number of aromatic nitrogens is 2. The summed E-state index contributed by atoms with van der Waals surface area (Å²) in [6, 6.07) is 27.7. The summed E-state index contributed by atoms with van der Waals surface area (Å²) in [6.07, 6.45) is 0. The lowest BCUT2D eigenvalue weighted by Crippen LogP contribution is -2.06. The van der Waals surface area contributed by atoms with Crippen LogP contribution in [0.1, 0.15) is 0 Å². The summed E-state index contributed by atoms with van der Waals surface area (Å²) in [5.41, 5.74) is 4.91. The van der Waals surface area contributed by atoms with Crippen molar-refractivity contribution < 1.29 is 4.42 Å². The smallest absolute Gasteiger partial charge is 0.230 e. The number of para-hydroxylation sites is 4. The standard InChI is InChI=1S/C22H15N3O/c1-2-9-16(10-3-1)23-22-17(14-15-8-4-7-13-20(15)26-22)21-24-18-11-5-6-12-19(18)25-21/h1-14H,(H,24,25). The Labute approximate surface area is 149 Å². The van der Waals surface area contributed by atoms with Crippen LogP contribution < -0.4 is 5.55 Å². The molecule has 0 bridgehead atoms. The highest BCUT2D eigenvalue weighted by molar-refractivity contribution is 5.83. The Kier molecular flexibility index (Phi) is 3.39. The van der Waals surface area contributed by atoms with Gasteiger partial charge in [-0.3, -0.25) is 0 Å². The minimum atomic E-state index is 0.536. The zero-order valence-electron chi connectivity index (χ0n) is 13.9. The topological polar surface area (TPSA) is 54.2 Å². The summed E-state index contributed by atoms with van der Waals surface area (Å²) in [6.45, 7) is 0. The number of hydrogen-bond donors (Lipinski definition) is 1. The van der Waals surface area contributed by atoms with Crippen LogP contribution in [-0.2, 0) is 0 Å². The van der Waals surface area contributed by atoms with Crippen molar-refractivity contribution >= 4 is 27.7 Å². The molecule has 2 heterocycles. The fourth-order valence-electron chi connectivity index (χ4n) is 3.02. The molecule has 0 amide bonds. The van der Waals surface area contributed by atoms with Crippen LogP contribution in [0.25, 0.3) is 33.4 Å². The maximum absolute atomic E-state index is 6.12. The molecule has 0 aliphatic rings. The van der Waals surface area contributed by atoms with E-state index in [0.717, 1.165) is 39.1 Å². The molecule has 0 saturated heterocycles. The highest BCUT2D eigenvalue weighted by Crippen LogP contribution is 2.22. The van der Waals surface area contributed by atoms with Gasteiger partial charge in [0.15, 0.2) is 0 Å². The molecule has 124 valence electrons. The summed E-state index contributed by atoms with van der Waals surface area (Å²) >= 11 is 0. The van der Waals surface area contributed by atoms with Crippen molar-refractivity contribution in [1.82, 2.24) is 9.97 Å². The third kappa shape index (κ3) is 2.58. The molecule has 4 heteroatoms. The van der Waals surface area contributed by atoms with E-state index < -0.39 is 0 Å². The molecule has 5 rings (SSSR count). The lowest BCUT2D eigenvalue weighted by molar-refractivity contribution is 0.547. The Morgan fingerprint density at radius 1 is 0.808 bits per heavy atom. The first-order valence-corrected chi connectivity index (χ1v) is 8.45. The lowest BCUT2D eigenvalue weighted by atomic mass is 10.2. The first-order valence-electron chi connectivity index (χ1n) is 8.45. The van der Waals surface area contributed by atoms with Gasteiger partial charge in [0.2, 0.25) is 5.55 Å². The molecule has 4 nitrogen and oxygen atoms in total. The molecule has 26 heavy (non-hydrogen) atoms. The van der Waals surface area contributed by atoms with Gasteiger partial charge in [0.25, 0.3) is 0 Å². The second-order valence-electron chi connectivity index (χ2n) is 6.05. The number of rotatable bonds is 2. The molecule has 1 N–H and O–H groups in total. The van der Waals surface area contributed by atoms with Crippen LogP contribution in [0, 0.1) is 0 Å². The molecule has 3 aromatic carbocycles. The van der Waals surface area contributed by atoms with Gasteiger partial charge in [0.05, 0.1) is 22.3 Å². The van der Waals surface area contributed by atoms with Crippen LogP contribution in [0.4, 0.5) is 5.69 Å². The van der Waals surface area contributed by atoms with Crippen LogP contribution in [0.2, 0.25) is 0 Å². The monoisotopic (exact) mass is 337 g/mol. The fraction of sp³-hybridized carbons (Fsp3) is 0. The first-order chi connectivity index (χ1) is 12.9. The number of aromatic amines is 1. The van der Waals surface area contributed by atoms with Crippen molar-refractivity contribution in [3.05, 3.63) is 90.5 Å². The largest absolute Gasteiger partial charge is 0.438 e. The quantitative estimate of drug-likeness (QED) is 0.481. The van der Waals surface area contributed by atoms with E-state index in [1.165, 1.54) is 0 Å². The number of imidazole rings is 1. The molecule has 0 aliphatic carbocycles. The van der Waals surface area contributed by atoms with E-state index in [2.05, 4.69) is 11.1 Å². The summed E-state index contributed by atoms with van der Waals surface area (Å²) in [7, 11) is 0. The normalized spacial score (nSPS) is 12.1. The van der Waals surface area contributed by atoms with Crippen LogP contribution >= 0.6 is 0 Å². The second kappa shape index (κ2) is 6.01. The molecule has 0 atom stereocenters. The minimum absolute atomic E-state index is 0.536. The average Bonchev–Trinajstić information content (AvgIpc) is 3.12. The van der Waals surface area contributed by atoms with Gasteiger partial charge in [-0.15, -0.1) is 0 Å². The number of nitrogens with zero attached hydrogens (tertiary/aromatic N) is 2. The second-order valence-corrected chi connectivity index (χ2v) is 6.05. The van der Waals surface area contributed by atoms with Gasteiger partial charge < -0.3 is 9.40 Å². The highest BCUT2D eigenvalue weighted by Gasteiger charge is 2.11. The van der Waals surface area contributed by atoms with Gasteiger partial charge >= 0.3 is 0 Å². The first kappa shape index (κ1) is 14.7. The Bertz CT molecular complexity index is 1250. The summed E-state index contributed by atoms with van der Waals surface area (Å²) in [5.74, 6) is 0.746. The van der Waals surface area contributed by atoms with Gasteiger partial charge in [-0.1, -0.05) is 48.5 Å². The maximum atomic E-state index is 6.12. The van der Waals surface area contributed by atoms with Crippen LogP contribution in [-0.4, -0.2) is 9.97 Å². The molecule has 2 aromatic heterocycles. The van der Waals surface area contributed by atoms with Gasteiger partial charge in [-0.05, 0) is 36.4 Å². The molecular formula is C22H15N3O. The molecule has 0 fully saturated rings. The van der Waals surface area contributed by atoms with E-state index in [4.69, 9.17) is 14.4 Å². The predicted molar refractivity (Wildman–Crippen MR) is 103 cm³/mol. The zero-order valence-corrected chi connectivity index (χ0v) is 13.9. The number of nitrogens with one attached hydrogen (secondary N) is 1. The van der Waals surface area contributed by atoms with Crippen LogP contribution in [0.15, 0.2) is 94.3 Å². The molecule has 0 spiro atoms. The number of benzene rings is 3. The predicted octanol–water partition coefficient (Wildman–Crippen LogP) is 5.21. The number of H-pyrrole nitrogens is 1. The van der Waals surface area contributed by atoms with Crippen molar-refractivity contribution in [2.45, 2.75) is 0 Å². The third-order valence-electron chi connectivity index (χ3n) is 4.29. The fourth-order valence-corrected chi connectivity index (χ4v) is 3.02. The molecule has 0 saturated carbocycles. The number of hydrogen-bond acceptors (Lipinski definition) is 3. The number of fused-ring (bicyclic) bond motifs is 2. The Balaban J connectivity index is 1.82. The summed E-state index contributed by atoms with van der Waals surface area (Å²) < 4.78 is 6.12. The van der Waals surface area contributed by atoms with E-state index >= 15 is 0 Å². The van der Waals surface area contributed by atoms with Crippen LogP contribution in [0.3, 0.4) is 0 Å². The molecule has 5 aromatic rings. The van der Waals surface area contributed by atoms with E-state index in [9.17, 15) is 0 Å². The Morgan fingerprint density at radius 3 is 2.46 bits per heavy atom. The molecule has 0 aliphatic heterocycles. The zero-order chi connectivity index (χ0) is 17.3. The SMILES string of the molecule is c1ccc(N=c2oc3ccccc3cc2-c2nc3ccccc3[nH]2)cc1. The van der Waals surface area contributed by atoms with E-state index in [-0.39, 0.29) is 0 Å². The van der Waals surface area contributed by atoms with E-state index in [1.807, 2.05) is 78.9 Å². The van der Waals surface area contributed by atoms with Gasteiger partial charge in [-0.25, -0.2) is 9.98 Å². The average molecular weight is 337 g/mol. The van der Waals surface area contributed by atoms with E-state index in [0.29, 0.717) is 5.55 Å². The van der Waals surface area contributed by atoms with E-state index in [1.54, 1.807) is 0 Å². The summed E-state index contributed by atoms with van der Waals surface area (Å²) in [4.78, 5) is 12.8. The summed E-state index contributed by atoms with van der Waals surface area (Å²) in [5, 5.41) is 1.01. The van der Waals surface area contributed by atoms with Crippen molar-refractivity contribution in [3.63, 3.8) is 0 Å². The minimum Gasteiger partial charge on any atom is -0.438 e.